The predicted molar refractivity (Wildman–Crippen MR) is 165 cm³/mol. The zero-order valence-electron chi connectivity index (χ0n) is 23.3. The molecule has 0 atom stereocenters. The maximum atomic E-state index is 5.87. The molecule has 4 rings (SSSR count). The summed E-state index contributed by atoms with van der Waals surface area (Å²) < 4.78 is 0. The van der Waals surface area contributed by atoms with Gasteiger partial charge in [0.2, 0.25) is 0 Å². The summed E-state index contributed by atoms with van der Waals surface area (Å²) in [4.78, 5) is 0. The van der Waals surface area contributed by atoms with Crippen molar-refractivity contribution in [2.45, 2.75) is 77.0 Å². The minimum Gasteiger partial charge on any atom is -0.399 e. The SMILES string of the molecule is CCCCCCCC(CC)(c1ccc(Cc2ccc(N)cc2)cc1)c1ccc(Cc2ccc(N)cc2)cc1. The summed E-state index contributed by atoms with van der Waals surface area (Å²) in [7, 11) is 0. The molecule has 0 radical (unpaired) electrons. The highest BCUT2D eigenvalue weighted by atomic mass is 14.5. The Balaban J connectivity index is 1.57. The van der Waals surface area contributed by atoms with Crippen LogP contribution in [0.15, 0.2) is 97.1 Å². The molecule has 0 unspecified atom stereocenters. The van der Waals surface area contributed by atoms with E-state index in [1.165, 1.54) is 71.9 Å². The lowest BCUT2D eigenvalue weighted by Crippen LogP contribution is -2.27. The van der Waals surface area contributed by atoms with Crippen molar-refractivity contribution in [1.29, 1.82) is 0 Å². The lowest BCUT2D eigenvalue weighted by atomic mass is 9.69. The molecule has 0 aliphatic rings. The van der Waals surface area contributed by atoms with Crippen molar-refractivity contribution in [2.24, 2.45) is 0 Å². The molecule has 0 aliphatic heterocycles. The summed E-state index contributed by atoms with van der Waals surface area (Å²) in [6.45, 7) is 4.64. The Bertz CT molecular complexity index is 1150. The van der Waals surface area contributed by atoms with Crippen molar-refractivity contribution in [3.8, 4) is 0 Å². The van der Waals surface area contributed by atoms with Crippen molar-refractivity contribution in [3.63, 3.8) is 0 Å². The summed E-state index contributed by atoms with van der Waals surface area (Å²) in [6.07, 6.45) is 10.6. The molecular weight excluding hydrogens is 460 g/mol. The Morgan fingerprint density at radius 2 is 0.842 bits per heavy atom. The van der Waals surface area contributed by atoms with Crippen LogP contribution in [0.4, 0.5) is 11.4 Å². The molecule has 2 nitrogen and oxygen atoms in total. The summed E-state index contributed by atoms with van der Waals surface area (Å²) in [6, 6.07) is 35.3. The third-order valence-corrected chi connectivity index (χ3v) is 8.10. The normalized spacial score (nSPS) is 11.5. The van der Waals surface area contributed by atoms with Gasteiger partial charge in [-0.15, -0.1) is 0 Å². The second-order valence-corrected chi connectivity index (χ2v) is 10.8. The predicted octanol–water partition coefficient (Wildman–Crippen LogP) is 9.09. The molecule has 38 heavy (non-hydrogen) atoms. The van der Waals surface area contributed by atoms with Crippen LogP contribution in [0.25, 0.3) is 0 Å². The van der Waals surface area contributed by atoms with Gasteiger partial charge in [0.1, 0.15) is 0 Å². The van der Waals surface area contributed by atoms with Gasteiger partial charge in [0.05, 0.1) is 0 Å². The maximum Gasteiger partial charge on any atom is 0.0314 e. The first-order valence-corrected chi connectivity index (χ1v) is 14.4. The van der Waals surface area contributed by atoms with E-state index in [0.29, 0.717) is 0 Å². The van der Waals surface area contributed by atoms with Crippen molar-refractivity contribution >= 4 is 11.4 Å². The number of anilines is 2. The largest absolute Gasteiger partial charge is 0.399 e. The fourth-order valence-electron chi connectivity index (χ4n) is 5.70. The first kappa shape index (κ1) is 27.5. The standard InChI is InChI=1S/C36H44N2/c1-3-5-6-7-8-25-36(4-2,32-17-9-28(10-18-32)26-30-13-21-34(37)22-14-30)33-19-11-29(12-20-33)27-31-15-23-35(38)24-16-31/h9-24H,3-8,25-27,37-38H2,1-2H3. The third kappa shape index (κ3) is 7.07. The summed E-state index contributed by atoms with van der Waals surface area (Å²) in [5, 5.41) is 0. The lowest BCUT2D eigenvalue weighted by Gasteiger charge is -2.35. The Morgan fingerprint density at radius 1 is 0.474 bits per heavy atom. The van der Waals surface area contributed by atoms with Gasteiger partial charge in [0.15, 0.2) is 0 Å². The van der Waals surface area contributed by atoms with E-state index in [1.54, 1.807) is 0 Å². The molecule has 0 heterocycles. The second-order valence-electron chi connectivity index (χ2n) is 10.8. The molecule has 0 aromatic heterocycles. The van der Waals surface area contributed by atoms with Crippen LogP contribution in [0.5, 0.6) is 0 Å². The van der Waals surface area contributed by atoms with Gasteiger partial charge in [-0.2, -0.15) is 0 Å². The van der Waals surface area contributed by atoms with Crippen molar-refractivity contribution in [2.75, 3.05) is 11.5 Å². The van der Waals surface area contributed by atoms with Gasteiger partial charge in [-0.25, -0.2) is 0 Å². The Morgan fingerprint density at radius 3 is 1.21 bits per heavy atom. The van der Waals surface area contributed by atoms with Gasteiger partial charge in [-0.3, -0.25) is 0 Å². The molecule has 2 heteroatoms. The van der Waals surface area contributed by atoms with Crippen LogP contribution in [0.2, 0.25) is 0 Å². The minimum absolute atomic E-state index is 0.0334. The average molecular weight is 505 g/mol. The number of hydrogen-bond acceptors (Lipinski definition) is 2. The van der Waals surface area contributed by atoms with Crippen molar-refractivity contribution in [3.05, 3.63) is 130 Å². The van der Waals surface area contributed by atoms with Crippen molar-refractivity contribution in [1.82, 2.24) is 0 Å². The van der Waals surface area contributed by atoms with E-state index in [1.807, 2.05) is 24.3 Å². The third-order valence-electron chi connectivity index (χ3n) is 8.10. The molecule has 0 fully saturated rings. The monoisotopic (exact) mass is 504 g/mol. The lowest BCUT2D eigenvalue weighted by molar-refractivity contribution is 0.426. The first-order valence-electron chi connectivity index (χ1n) is 14.4. The van der Waals surface area contributed by atoms with Gasteiger partial charge >= 0.3 is 0 Å². The zero-order valence-corrected chi connectivity index (χ0v) is 23.3. The Kier molecular flexibility index (Phi) is 9.65. The highest BCUT2D eigenvalue weighted by molar-refractivity contribution is 5.45. The minimum atomic E-state index is 0.0334. The number of rotatable bonds is 13. The quantitative estimate of drug-likeness (QED) is 0.141. The van der Waals surface area contributed by atoms with Crippen LogP contribution < -0.4 is 11.5 Å². The number of nitrogens with two attached hydrogens (primary N) is 2. The van der Waals surface area contributed by atoms with Crippen LogP contribution >= 0.6 is 0 Å². The molecule has 198 valence electrons. The average Bonchev–Trinajstić information content (AvgIpc) is 2.95. The molecule has 0 aliphatic carbocycles. The van der Waals surface area contributed by atoms with E-state index < -0.39 is 0 Å². The number of hydrogen-bond donors (Lipinski definition) is 2. The molecule has 0 saturated carbocycles. The molecule has 4 aromatic rings. The van der Waals surface area contributed by atoms with Crippen molar-refractivity contribution < 1.29 is 0 Å². The van der Waals surface area contributed by atoms with E-state index in [-0.39, 0.29) is 5.41 Å². The van der Waals surface area contributed by atoms with Crippen LogP contribution in [0.1, 0.15) is 92.2 Å². The van der Waals surface area contributed by atoms with E-state index in [2.05, 4.69) is 86.6 Å². The molecule has 0 spiro atoms. The number of nitrogen functional groups attached to an aromatic ring is 2. The summed E-state index contributed by atoms with van der Waals surface area (Å²) >= 11 is 0. The fourth-order valence-corrected chi connectivity index (χ4v) is 5.70. The smallest absolute Gasteiger partial charge is 0.0314 e. The Hall–Kier alpha value is -3.52. The van der Waals surface area contributed by atoms with Crippen LogP contribution in [0, 0.1) is 0 Å². The maximum absolute atomic E-state index is 5.87. The van der Waals surface area contributed by atoms with E-state index in [9.17, 15) is 0 Å². The molecule has 4 aromatic carbocycles. The highest BCUT2D eigenvalue weighted by Gasteiger charge is 2.32. The van der Waals surface area contributed by atoms with E-state index in [0.717, 1.165) is 30.6 Å². The molecular formula is C36H44N2. The van der Waals surface area contributed by atoms with E-state index in [4.69, 9.17) is 11.5 Å². The highest BCUT2D eigenvalue weighted by Crippen LogP contribution is 2.41. The number of benzene rings is 4. The molecule has 0 saturated heterocycles. The topological polar surface area (TPSA) is 52.0 Å². The second kappa shape index (κ2) is 13.3. The van der Waals surface area contributed by atoms with Crippen LogP contribution in [-0.4, -0.2) is 0 Å². The fraction of sp³-hybridized carbons (Fsp3) is 0.333. The van der Waals surface area contributed by atoms with Gasteiger partial charge < -0.3 is 11.5 Å². The zero-order chi connectivity index (χ0) is 26.8. The summed E-state index contributed by atoms with van der Waals surface area (Å²) in [5.74, 6) is 0. The summed E-state index contributed by atoms with van der Waals surface area (Å²) in [5.41, 5.74) is 21.5. The van der Waals surface area contributed by atoms with Crippen LogP contribution in [0.3, 0.4) is 0 Å². The van der Waals surface area contributed by atoms with Gasteiger partial charge in [0.25, 0.3) is 0 Å². The first-order chi connectivity index (χ1) is 18.5. The molecule has 0 bridgehead atoms. The van der Waals surface area contributed by atoms with E-state index >= 15 is 0 Å². The molecule has 4 N–H and O–H groups in total. The van der Waals surface area contributed by atoms with Gasteiger partial charge in [0, 0.05) is 16.8 Å². The van der Waals surface area contributed by atoms with Gasteiger partial charge in [-0.05, 0) is 83.3 Å². The van der Waals surface area contributed by atoms with Gasteiger partial charge in [-0.1, -0.05) is 119 Å². The number of unbranched alkanes of at least 4 members (excludes halogenated alkanes) is 4. The Labute approximate surface area is 230 Å². The van der Waals surface area contributed by atoms with Crippen LogP contribution in [-0.2, 0) is 18.3 Å². The molecule has 0 amide bonds.